The highest BCUT2D eigenvalue weighted by molar-refractivity contribution is 9.11. The van der Waals surface area contributed by atoms with Crippen LogP contribution < -0.4 is 5.32 Å². The summed E-state index contributed by atoms with van der Waals surface area (Å²) < 4.78 is 1.77. The van der Waals surface area contributed by atoms with Crippen molar-refractivity contribution in [2.24, 2.45) is 5.92 Å². The zero-order valence-corrected chi connectivity index (χ0v) is 12.6. The number of amides is 1. The van der Waals surface area contributed by atoms with Gasteiger partial charge < -0.3 is 5.32 Å². The Morgan fingerprint density at radius 2 is 2.06 bits per heavy atom. The minimum atomic E-state index is -0.0278. The second-order valence-corrected chi connectivity index (χ2v) is 5.83. The molecule has 1 rings (SSSR count). The molecule has 1 N–H and O–H groups in total. The second kappa shape index (κ2) is 6.40. The molecular formula is C12H15Br2NO. The monoisotopic (exact) mass is 347 g/mol. The normalized spacial score (nSPS) is 10.6. The standard InChI is InChI=1S/C12H15Br2NO/c1-8(2)5-6-15-12(16)10-4-3-9(13)7-11(10)14/h3-4,7-8H,5-6H2,1-2H3,(H,15,16). The van der Waals surface area contributed by atoms with Gasteiger partial charge in [-0.3, -0.25) is 4.79 Å². The third-order valence-electron chi connectivity index (χ3n) is 2.18. The van der Waals surface area contributed by atoms with Gasteiger partial charge in [0.2, 0.25) is 0 Å². The van der Waals surface area contributed by atoms with E-state index < -0.39 is 0 Å². The number of rotatable bonds is 4. The third kappa shape index (κ3) is 4.26. The topological polar surface area (TPSA) is 29.1 Å². The molecule has 1 aromatic rings. The SMILES string of the molecule is CC(C)CCNC(=O)c1ccc(Br)cc1Br. The largest absolute Gasteiger partial charge is 0.352 e. The summed E-state index contributed by atoms with van der Waals surface area (Å²) in [6, 6.07) is 5.54. The quantitative estimate of drug-likeness (QED) is 0.875. The van der Waals surface area contributed by atoms with Crippen molar-refractivity contribution in [2.75, 3.05) is 6.54 Å². The maximum Gasteiger partial charge on any atom is 0.252 e. The summed E-state index contributed by atoms with van der Waals surface area (Å²) in [6.07, 6.45) is 1.000. The van der Waals surface area contributed by atoms with Crippen LogP contribution in [0, 0.1) is 5.92 Å². The number of hydrogen-bond acceptors (Lipinski definition) is 1. The molecule has 0 radical (unpaired) electrons. The molecule has 1 aromatic carbocycles. The molecule has 0 heterocycles. The fourth-order valence-electron chi connectivity index (χ4n) is 1.24. The highest BCUT2D eigenvalue weighted by atomic mass is 79.9. The van der Waals surface area contributed by atoms with Gasteiger partial charge >= 0.3 is 0 Å². The van der Waals surface area contributed by atoms with Gasteiger partial charge in [0.1, 0.15) is 0 Å². The Morgan fingerprint density at radius 3 is 2.62 bits per heavy atom. The van der Waals surface area contributed by atoms with Gasteiger partial charge in [-0.25, -0.2) is 0 Å². The molecule has 4 heteroatoms. The Kier molecular flexibility index (Phi) is 5.49. The van der Waals surface area contributed by atoms with Gasteiger partial charge in [0.15, 0.2) is 0 Å². The van der Waals surface area contributed by atoms with Crippen molar-refractivity contribution in [1.29, 1.82) is 0 Å². The molecule has 0 fully saturated rings. The first kappa shape index (κ1) is 13.7. The Balaban J connectivity index is 2.59. The van der Waals surface area contributed by atoms with E-state index in [1.165, 1.54) is 0 Å². The average Bonchev–Trinajstić information content (AvgIpc) is 2.16. The van der Waals surface area contributed by atoms with Crippen molar-refractivity contribution in [3.8, 4) is 0 Å². The van der Waals surface area contributed by atoms with Crippen LogP contribution in [-0.4, -0.2) is 12.5 Å². The van der Waals surface area contributed by atoms with E-state index in [9.17, 15) is 4.79 Å². The summed E-state index contributed by atoms with van der Waals surface area (Å²) in [5.41, 5.74) is 0.673. The van der Waals surface area contributed by atoms with E-state index in [0.29, 0.717) is 11.5 Å². The zero-order valence-electron chi connectivity index (χ0n) is 9.39. The van der Waals surface area contributed by atoms with Gasteiger partial charge in [-0.15, -0.1) is 0 Å². The predicted octanol–water partition coefficient (Wildman–Crippen LogP) is 3.99. The molecule has 0 aliphatic heterocycles. The highest BCUT2D eigenvalue weighted by Gasteiger charge is 2.09. The molecule has 0 aliphatic rings. The second-order valence-electron chi connectivity index (χ2n) is 4.06. The number of carbonyl (C=O) groups excluding carboxylic acids is 1. The van der Waals surface area contributed by atoms with E-state index in [0.717, 1.165) is 21.9 Å². The first-order chi connectivity index (χ1) is 7.50. The Labute approximate surface area is 113 Å². The predicted molar refractivity (Wildman–Crippen MR) is 73.6 cm³/mol. The molecule has 16 heavy (non-hydrogen) atoms. The van der Waals surface area contributed by atoms with Crippen LogP contribution in [0.1, 0.15) is 30.6 Å². The summed E-state index contributed by atoms with van der Waals surface area (Å²) >= 11 is 6.73. The van der Waals surface area contributed by atoms with E-state index >= 15 is 0 Å². The molecular weight excluding hydrogens is 334 g/mol. The van der Waals surface area contributed by atoms with Gasteiger partial charge in [-0.05, 0) is 46.5 Å². The van der Waals surface area contributed by atoms with Crippen LogP contribution in [0.5, 0.6) is 0 Å². The van der Waals surface area contributed by atoms with Gasteiger partial charge in [0.05, 0.1) is 5.56 Å². The van der Waals surface area contributed by atoms with Crippen LogP contribution in [0.4, 0.5) is 0 Å². The number of halogens is 2. The van der Waals surface area contributed by atoms with Gasteiger partial charge in [-0.2, -0.15) is 0 Å². The molecule has 0 unspecified atom stereocenters. The summed E-state index contributed by atoms with van der Waals surface area (Å²) in [4.78, 5) is 11.8. The molecule has 0 atom stereocenters. The van der Waals surface area contributed by atoms with Crippen LogP contribution >= 0.6 is 31.9 Å². The molecule has 1 amide bonds. The number of carbonyl (C=O) groups is 1. The maximum absolute atomic E-state index is 11.8. The number of nitrogens with one attached hydrogen (secondary N) is 1. The molecule has 0 saturated carbocycles. The van der Waals surface area contributed by atoms with Crippen molar-refractivity contribution in [3.05, 3.63) is 32.7 Å². The smallest absolute Gasteiger partial charge is 0.252 e. The van der Waals surface area contributed by atoms with Crippen LogP contribution in [0.25, 0.3) is 0 Å². The van der Waals surface area contributed by atoms with Gasteiger partial charge in [0.25, 0.3) is 5.91 Å². The van der Waals surface area contributed by atoms with Crippen molar-refractivity contribution < 1.29 is 4.79 Å². The lowest BCUT2D eigenvalue weighted by molar-refractivity contribution is 0.0951. The molecule has 0 saturated heterocycles. The molecule has 88 valence electrons. The van der Waals surface area contributed by atoms with Crippen LogP contribution in [0.2, 0.25) is 0 Å². The first-order valence-corrected chi connectivity index (χ1v) is 6.82. The lowest BCUT2D eigenvalue weighted by atomic mass is 10.1. The van der Waals surface area contributed by atoms with Crippen molar-refractivity contribution in [1.82, 2.24) is 5.32 Å². The number of benzene rings is 1. The summed E-state index contributed by atoms with van der Waals surface area (Å²) in [5.74, 6) is 0.577. The van der Waals surface area contributed by atoms with Crippen LogP contribution in [0.15, 0.2) is 27.1 Å². The third-order valence-corrected chi connectivity index (χ3v) is 3.33. The average molecular weight is 349 g/mol. The van der Waals surface area contributed by atoms with Gasteiger partial charge in [0, 0.05) is 15.5 Å². The first-order valence-electron chi connectivity index (χ1n) is 5.24. The Bertz CT molecular complexity index is 377. The molecule has 2 nitrogen and oxygen atoms in total. The maximum atomic E-state index is 11.8. The van der Waals surface area contributed by atoms with E-state index in [2.05, 4.69) is 51.0 Å². The van der Waals surface area contributed by atoms with E-state index in [-0.39, 0.29) is 5.91 Å². The molecule has 0 bridgehead atoms. The molecule has 0 spiro atoms. The van der Waals surface area contributed by atoms with Crippen molar-refractivity contribution >= 4 is 37.8 Å². The van der Waals surface area contributed by atoms with Gasteiger partial charge in [-0.1, -0.05) is 29.8 Å². The van der Waals surface area contributed by atoms with E-state index in [1.807, 2.05) is 12.1 Å². The lowest BCUT2D eigenvalue weighted by Crippen LogP contribution is -2.25. The summed E-state index contributed by atoms with van der Waals surface area (Å²) in [7, 11) is 0. The Morgan fingerprint density at radius 1 is 1.38 bits per heavy atom. The van der Waals surface area contributed by atoms with Crippen LogP contribution in [-0.2, 0) is 0 Å². The molecule has 0 aliphatic carbocycles. The summed E-state index contributed by atoms with van der Waals surface area (Å²) in [6.45, 7) is 5.00. The fourth-order valence-corrected chi connectivity index (χ4v) is 2.47. The lowest BCUT2D eigenvalue weighted by Gasteiger charge is -2.08. The number of hydrogen-bond donors (Lipinski definition) is 1. The Hall–Kier alpha value is -0.350. The van der Waals surface area contributed by atoms with Crippen molar-refractivity contribution in [3.63, 3.8) is 0 Å². The summed E-state index contributed by atoms with van der Waals surface area (Å²) in [5, 5.41) is 2.91. The van der Waals surface area contributed by atoms with E-state index in [1.54, 1.807) is 6.07 Å². The zero-order chi connectivity index (χ0) is 12.1. The minimum Gasteiger partial charge on any atom is -0.352 e. The van der Waals surface area contributed by atoms with E-state index in [4.69, 9.17) is 0 Å². The highest BCUT2D eigenvalue weighted by Crippen LogP contribution is 2.21. The minimum absolute atomic E-state index is 0.0278. The van der Waals surface area contributed by atoms with Crippen LogP contribution in [0.3, 0.4) is 0 Å². The molecule has 0 aromatic heterocycles. The fraction of sp³-hybridized carbons (Fsp3) is 0.417. The van der Waals surface area contributed by atoms with Crippen molar-refractivity contribution in [2.45, 2.75) is 20.3 Å².